The molecule has 0 aliphatic heterocycles. The summed E-state index contributed by atoms with van der Waals surface area (Å²) in [5.74, 6) is 0. The lowest BCUT2D eigenvalue weighted by Crippen LogP contribution is -2.10. The van der Waals surface area contributed by atoms with Gasteiger partial charge < -0.3 is 0 Å². The van der Waals surface area contributed by atoms with Crippen LogP contribution in [0, 0.1) is 0 Å². The van der Waals surface area contributed by atoms with Crippen LogP contribution in [0.4, 0.5) is 5.69 Å². The topological polar surface area (TPSA) is 56.6 Å². The van der Waals surface area contributed by atoms with E-state index in [2.05, 4.69) is 4.98 Å². The standard InChI is InChI=1S/C6H8N2O2S/c1-11-6-3-2-5(4-7-6)8(9)10/h2-4,9-10H,1H3. The van der Waals surface area contributed by atoms with Gasteiger partial charge in [0.05, 0.1) is 11.2 Å². The summed E-state index contributed by atoms with van der Waals surface area (Å²) in [4.78, 5) is 3.92. The van der Waals surface area contributed by atoms with E-state index in [0.717, 1.165) is 5.03 Å². The molecule has 0 amide bonds. The third-order valence-corrected chi connectivity index (χ3v) is 1.82. The highest BCUT2D eigenvalue weighted by molar-refractivity contribution is 7.98. The fraction of sp³-hybridized carbons (Fsp3) is 0.167. The van der Waals surface area contributed by atoms with Gasteiger partial charge in [-0.25, -0.2) is 4.98 Å². The van der Waals surface area contributed by atoms with Crippen molar-refractivity contribution < 1.29 is 10.4 Å². The Morgan fingerprint density at radius 3 is 2.55 bits per heavy atom. The van der Waals surface area contributed by atoms with Crippen molar-refractivity contribution in [1.29, 1.82) is 0 Å². The average molecular weight is 172 g/mol. The number of aromatic nitrogens is 1. The largest absolute Gasteiger partial charge is 0.264 e. The van der Waals surface area contributed by atoms with Gasteiger partial charge in [-0.1, -0.05) is 0 Å². The molecule has 0 bridgehead atoms. The van der Waals surface area contributed by atoms with E-state index in [0.29, 0.717) is 0 Å². The van der Waals surface area contributed by atoms with Crippen LogP contribution in [-0.2, 0) is 0 Å². The van der Waals surface area contributed by atoms with Crippen LogP contribution < -0.4 is 5.23 Å². The van der Waals surface area contributed by atoms with Gasteiger partial charge in [-0.2, -0.15) is 0 Å². The zero-order chi connectivity index (χ0) is 8.27. The number of pyridine rings is 1. The van der Waals surface area contributed by atoms with Crippen LogP contribution in [0.5, 0.6) is 0 Å². The number of hydrogen-bond acceptors (Lipinski definition) is 5. The van der Waals surface area contributed by atoms with Crippen LogP contribution in [0.1, 0.15) is 0 Å². The third kappa shape index (κ3) is 2.07. The molecule has 0 radical (unpaired) electrons. The molecule has 60 valence electrons. The van der Waals surface area contributed by atoms with Crippen molar-refractivity contribution in [3.63, 3.8) is 0 Å². The average Bonchev–Trinajstić information content (AvgIpc) is 2.05. The van der Waals surface area contributed by atoms with Gasteiger partial charge in [0.25, 0.3) is 0 Å². The molecule has 1 aromatic rings. The van der Waals surface area contributed by atoms with Crippen LogP contribution in [0.15, 0.2) is 23.4 Å². The van der Waals surface area contributed by atoms with Crippen molar-refractivity contribution in [2.45, 2.75) is 5.03 Å². The molecule has 0 aromatic carbocycles. The Morgan fingerprint density at radius 2 is 2.18 bits per heavy atom. The molecule has 11 heavy (non-hydrogen) atoms. The van der Waals surface area contributed by atoms with E-state index in [1.54, 1.807) is 12.1 Å². The van der Waals surface area contributed by atoms with E-state index < -0.39 is 0 Å². The number of hydrogen-bond donors (Lipinski definition) is 2. The summed E-state index contributed by atoms with van der Waals surface area (Å²) in [6.07, 6.45) is 3.28. The lowest BCUT2D eigenvalue weighted by molar-refractivity contribution is 0.0289. The fourth-order valence-electron chi connectivity index (χ4n) is 0.612. The predicted molar refractivity (Wildman–Crippen MR) is 42.1 cm³/mol. The molecule has 1 heterocycles. The van der Waals surface area contributed by atoms with E-state index in [9.17, 15) is 0 Å². The van der Waals surface area contributed by atoms with Crippen LogP contribution in [0.2, 0.25) is 0 Å². The Labute approximate surface area is 68.4 Å². The van der Waals surface area contributed by atoms with Crippen molar-refractivity contribution in [3.8, 4) is 0 Å². The van der Waals surface area contributed by atoms with Crippen molar-refractivity contribution in [2.24, 2.45) is 0 Å². The Kier molecular flexibility index (Phi) is 2.70. The molecule has 0 fully saturated rings. The molecule has 1 aromatic heterocycles. The van der Waals surface area contributed by atoms with Crippen LogP contribution in [0.25, 0.3) is 0 Å². The predicted octanol–water partition coefficient (Wildman–Crippen LogP) is 1.39. The van der Waals surface area contributed by atoms with Gasteiger partial charge in [0.15, 0.2) is 0 Å². The molecule has 1 rings (SSSR count). The Balaban J connectivity index is 2.83. The molecule has 0 unspecified atom stereocenters. The minimum atomic E-state index is 0.0388. The van der Waals surface area contributed by atoms with Crippen molar-refractivity contribution in [2.75, 3.05) is 11.5 Å². The lowest BCUT2D eigenvalue weighted by Gasteiger charge is -2.06. The van der Waals surface area contributed by atoms with E-state index in [-0.39, 0.29) is 10.9 Å². The monoisotopic (exact) mass is 172 g/mol. The Morgan fingerprint density at radius 1 is 1.45 bits per heavy atom. The highest BCUT2D eigenvalue weighted by Gasteiger charge is 1.97. The van der Waals surface area contributed by atoms with Crippen LogP contribution in [-0.4, -0.2) is 21.7 Å². The van der Waals surface area contributed by atoms with Crippen molar-refractivity contribution in [1.82, 2.24) is 4.98 Å². The maximum Gasteiger partial charge on any atom is 0.113 e. The first kappa shape index (κ1) is 8.32. The van der Waals surface area contributed by atoms with E-state index in [1.165, 1.54) is 18.0 Å². The maximum atomic E-state index is 8.53. The maximum absolute atomic E-state index is 8.53. The SMILES string of the molecule is CSc1ccc(N(O)O)cn1. The number of rotatable bonds is 2. The molecule has 0 aliphatic rings. The Hall–Kier alpha value is -0.780. The summed E-state index contributed by atoms with van der Waals surface area (Å²) in [5, 5.41) is 17.9. The molecule has 2 N–H and O–H groups in total. The molecule has 0 atom stereocenters. The van der Waals surface area contributed by atoms with Gasteiger partial charge in [-0.15, -0.1) is 17.0 Å². The molecular formula is C6H8N2O2S. The summed E-state index contributed by atoms with van der Waals surface area (Å²) < 4.78 is 0. The summed E-state index contributed by atoms with van der Waals surface area (Å²) >= 11 is 1.50. The normalized spacial score (nSPS) is 9.73. The molecule has 0 saturated heterocycles. The summed E-state index contributed by atoms with van der Waals surface area (Å²) in [7, 11) is 0. The molecule has 0 spiro atoms. The highest BCUT2D eigenvalue weighted by atomic mass is 32.2. The van der Waals surface area contributed by atoms with Gasteiger partial charge >= 0.3 is 0 Å². The van der Waals surface area contributed by atoms with Gasteiger partial charge in [0.1, 0.15) is 5.69 Å². The van der Waals surface area contributed by atoms with Crippen LogP contribution in [0.3, 0.4) is 0 Å². The second kappa shape index (κ2) is 3.56. The molecular weight excluding hydrogens is 164 g/mol. The minimum Gasteiger partial charge on any atom is -0.264 e. The Bertz CT molecular complexity index is 225. The summed E-state index contributed by atoms with van der Waals surface area (Å²) in [6.45, 7) is 0. The summed E-state index contributed by atoms with van der Waals surface area (Å²) in [5.41, 5.74) is 0.253. The smallest absolute Gasteiger partial charge is 0.113 e. The van der Waals surface area contributed by atoms with E-state index >= 15 is 0 Å². The van der Waals surface area contributed by atoms with Gasteiger partial charge in [-0.3, -0.25) is 10.4 Å². The summed E-state index contributed by atoms with van der Waals surface area (Å²) in [6, 6.07) is 3.28. The second-order valence-corrected chi connectivity index (χ2v) is 2.67. The van der Waals surface area contributed by atoms with Crippen LogP contribution >= 0.6 is 11.8 Å². The quantitative estimate of drug-likeness (QED) is 0.521. The van der Waals surface area contributed by atoms with Crippen molar-refractivity contribution in [3.05, 3.63) is 18.3 Å². The first-order chi connectivity index (χ1) is 5.24. The lowest BCUT2D eigenvalue weighted by atomic mass is 10.4. The third-order valence-electron chi connectivity index (χ3n) is 1.16. The van der Waals surface area contributed by atoms with Crippen molar-refractivity contribution >= 4 is 17.4 Å². The fourth-order valence-corrected chi connectivity index (χ4v) is 0.974. The minimum absolute atomic E-state index is 0.0388. The molecule has 0 saturated carbocycles. The van der Waals surface area contributed by atoms with Gasteiger partial charge in [0.2, 0.25) is 0 Å². The molecule has 0 aliphatic carbocycles. The van der Waals surface area contributed by atoms with Gasteiger partial charge in [0, 0.05) is 0 Å². The van der Waals surface area contributed by atoms with E-state index in [1.807, 2.05) is 6.26 Å². The highest BCUT2D eigenvalue weighted by Crippen LogP contribution is 2.14. The number of thioether (sulfide) groups is 1. The van der Waals surface area contributed by atoms with E-state index in [4.69, 9.17) is 10.4 Å². The first-order valence-corrected chi connectivity index (χ1v) is 4.14. The second-order valence-electron chi connectivity index (χ2n) is 1.85. The first-order valence-electron chi connectivity index (χ1n) is 2.92. The molecule has 5 heteroatoms. The number of nitrogens with zero attached hydrogens (tertiary/aromatic N) is 2. The zero-order valence-electron chi connectivity index (χ0n) is 5.93. The zero-order valence-corrected chi connectivity index (χ0v) is 6.75. The van der Waals surface area contributed by atoms with Gasteiger partial charge in [-0.05, 0) is 18.4 Å². The number of anilines is 1. The molecule has 4 nitrogen and oxygen atoms in total.